The Kier molecular flexibility index (Phi) is 7.70. The maximum atomic E-state index is 13.2. The number of ether oxygens (including phenoxy) is 1. The standard InChI is InChI=1S/C29H27O4PS/c1-24-17-19-28(20-18-24)35(31,32)22-21-33-29(30)23-34(25-11-5-2-6-12-25,26-13-7-3-8-14-26)27-15-9-4-10-16-27/h2-20,23H,21-22H2,1H3. The van der Waals surface area contributed by atoms with E-state index in [1.54, 1.807) is 30.1 Å². The third kappa shape index (κ3) is 5.64. The van der Waals surface area contributed by atoms with Crippen molar-refractivity contribution in [3.63, 3.8) is 0 Å². The van der Waals surface area contributed by atoms with Crippen LogP contribution in [0.4, 0.5) is 0 Å². The third-order valence-electron chi connectivity index (χ3n) is 5.77. The van der Waals surface area contributed by atoms with Crippen molar-refractivity contribution >= 4 is 44.4 Å². The SMILES string of the molecule is Cc1ccc(S(=O)(=O)CCOC(=O)C=P(c2ccccc2)(c2ccccc2)c2ccccc2)cc1. The summed E-state index contributed by atoms with van der Waals surface area (Å²) < 4.78 is 30.9. The van der Waals surface area contributed by atoms with Crippen molar-refractivity contribution in [1.29, 1.82) is 0 Å². The van der Waals surface area contributed by atoms with Crippen LogP contribution in [0.3, 0.4) is 0 Å². The van der Waals surface area contributed by atoms with Crippen molar-refractivity contribution in [2.45, 2.75) is 11.8 Å². The fraction of sp³-hybridized carbons (Fsp3) is 0.103. The van der Waals surface area contributed by atoms with Gasteiger partial charge in [0.1, 0.15) is 6.61 Å². The van der Waals surface area contributed by atoms with E-state index < -0.39 is 22.7 Å². The molecule has 0 N–H and O–H groups in total. The zero-order chi connectivity index (χ0) is 24.7. The normalized spacial score (nSPS) is 11.6. The molecule has 0 unspecified atom stereocenters. The zero-order valence-electron chi connectivity index (χ0n) is 19.4. The first kappa shape index (κ1) is 24.7. The molecule has 4 aromatic carbocycles. The summed E-state index contributed by atoms with van der Waals surface area (Å²) in [5, 5.41) is 3.05. The van der Waals surface area contributed by atoms with E-state index >= 15 is 0 Å². The second-order valence-corrected chi connectivity index (χ2v) is 13.5. The molecule has 0 bridgehead atoms. The van der Waals surface area contributed by atoms with Crippen molar-refractivity contribution in [2.24, 2.45) is 0 Å². The van der Waals surface area contributed by atoms with Gasteiger partial charge in [0.2, 0.25) is 0 Å². The van der Waals surface area contributed by atoms with Crippen LogP contribution in [-0.2, 0) is 19.4 Å². The van der Waals surface area contributed by atoms with Gasteiger partial charge < -0.3 is 4.74 Å². The lowest BCUT2D eigenvalue weighted by molar-refractivity contribution is -0.134. The average Bonchev–Trinajstić information content (AvgIpc) is 2.89. The molecular weight excluding hydrogens is 475 g/mol. The molecule has 0 spiro atoms. The first-order chi connectivity index (χ1) is 16.9. The predicted molar refractivity (Wildman–Crippen MR) is 145 cm³/mol. The summed E-state index contributed by atoms with van der Waals surface area (Å²) in [6.07, 6.45) is 0. The maximum absolute atomic E-state index is 13.2. The third-order valence-corrected chi connectivity index (χ3v) is 11.4. The van der Waals surface area contributed by atoms with Crippen LogP contribution < -0.4 is 15.9 Å². The highest BCUT2D eigenvalue weighted by atomic mass is 32.2. The minimum Gasteiger partial charge on any atom is -0.461 e. The fourth-order valence-corrected chi connectivity index (χ4v) is 8.72. The Bertz CT molecular complexity index is 1330. The molecule has 0 saturated carbocycles. The molecule has 0 aliphatic rings. The molecule has 4 aromatic rings. The van der Waals surface area contributed by atoms with Crippen molar-refractivity contribution in [1.82, 2.24) is 0 Å². The Hall–Kier alpha value is -3.40. The summed E-state index contributed by atoms with van der Waals surface area (Å²) >= 11 is 0. The predicted octanol–water partition coefficient (Wildman–Crippen LogP) is 4.11. The molecule has 0 aliphatic heterocycles. The van der Waals surface area contributed by atoms with E-state index in [4.69, 9.17) is 4.74 Å². The Morgan fingerprint density at radius 3 is 1.57 bits per heavy atom. The van der Waals surface area contributed by atoms with E-state index in [0.29, 0.717) is 0 Å². The minimum absolute atomic E-state index is 0.218. The highest BCUT2D eigenvalue weighted by Gasteiger charge is 2.27. The summed E-state index contributed by atoms with van der Waals surface area (Å²) in [5.74, 6) is 0.850. The zero-order valence-corrected chi connectivity index (χ0v) is 21.2. The van der Waals surface area contributed by atoms with Crippen LogP contribution in [-0.4, -0.2) is 32.5 Å². The number of sulfone groups is 1. The van der Waals surface area contributed by atoms with E-state index in [1.807, 2.05) is 97.9 Å². The summed E-state index contributed by atoms with van der Waals surface area (Å²) in [5.41, 5.74) is 0.980. The lowest BCUT2D eigenvalue weighted by Crippen LogP contribution is -2.29. The van der Waals surface area contributed by atoms with Gasteiger partial charge in [-0.3, -0.25) is 0 Å². The minimum atomic E-state index is -3.55. The highest BCUT2D eigenvalue weighted by molar-refractivity contribution is 7.95. The maximum Gasteiger partial charge on any atom is 0.331 e. The van der Waals surface area contributed by atoms with Gasteiger partial charge >= 0.3 is 5.97 Å². The molecule has 0 saturated heterocycles. The highest BCUT2D eigenvalue weighted by Crippen LogP contribution is 2.43. The number of carbonyl (C=O) groups is 1. The molecule has 35 heavy (non-hydrogen) atoms. The molecule has 178 valence electrons. The smallest absolute Gasteiger partial charge is 0.331 e. The van der Waals surface area contributed by atoms with Crippen LogP contribution in [0.2, 0.25) is 0 Å². The van der Waals surface area contributed by atoms with Crippen molar-refractivity contribution in [3.05, 3.63) is 121 Å². The number of benzene rings is 4. The lowest BCUT2D eigenvalue weighted by Gasteiger charge is -2.28. The van der Waals surface area contributed by atoms with Crippen LogP contribution >= 0.6 is 6.89 Å². The van der Waals surface area contributed by atoms with E-state index in [9.17, 15) is 13.2 Å². The molecule has 0 aromatic heterocycles. The largest absolute Gasteiger partial charge is 0.461 e. The number of carbonyl (C=O) groups excluding carboxylic acids is 1. The van der Waals surface area contributed by atoms with Gasteiger partial charge in [0, 0.05) is 5.80 Å². The van der Waals surface area contributed by atoms with Gasteiger partial charge in [-0.25, -0.2) is 13.2 Å². The van der Waals surface area contributed by atoms with Gasteiger partial charge in [-0.1, -0.05) is 109 Å². The van der Waals surface area contributed by atoms with E-state index in [1.165, 1.54) is 0 Å². The Morgan fingerprint density at radius 2 is 1.14 bits per heavy atom. The molecule has 6 heteroatoms. The number of aryl methyl sites for hydroxylation is 1. The van der Waals surface area contributed by atoms with Crippen molar-refractivity contribution in [3.8, 4) is 0 Å². The van der Waals surface area contributed by atoms with Gasteiger partial charge in [0.05, 0.1) is 10.6 Å². The van der Waals surface area contributed by atoms with Crippen LogP contribution in [0, 0.1) is 6.92 Å². The Balaban J connectivity index is 1.70. The molecule has 0 atom stereocenters. The second kappa shape index (κ2) is 10.9. The van der Waals surface area contributed by atoms with E-state index in [2.05, 4.69) is 0 Å². The Morgan fingerprint density at radius 1 is 0.714 bits per heavy atom. The van der Waals surface area contributed by atoms with Crippen molar-refractivity contribution in [2.75, 3.05) is 12.4 Å². The molecule has 0 heterocycles. The summed E-state index contributed by atoms with van der Waals surface area (Å²) in [7, 11) is -3.55. The number of esters is 1. The van der Waals surface area contributed by atoms with Gasteiger partial charge in [0.15, 0.2) is 9.84 Å². The van der Waals surface area contributed by atoms with E-state index in [-0.39, 0.29) is 17.3 Å². The van der Waals surface area contributed by atoms with Gasteiger partial charge in [-0.15, -0.1) is 0 Å². The lowest BCUT2D eigenvalue weighted by atomic mass is 10.2. The number of rotatable bonds is 8. The van der Waals surface area contributed by atoms with Crippen molar-refractivity contribution < 1.29 is 17.9 Å². The van der Waals surface area contributed by atoms with Gasteiger partial charge in [-0.2, -0.15) is 0 Å². The molecule has 0 fully saturated rings. The fourth-order valence-electron chi connectivity index (χ4n) is 3.97. The average molecular weight is 503 g/mol. The van der Waals surface area contributed by atoms with Crippen LogP contribution in [0.1, 0.15) is 5.56 Å². The van der Waals surface area contributed by atoms with Crippen LogP contribution in [0.15, 0.2) is 120 Å². The molecule has 0 aliphatic carbocycles. The summed E-state index contributed by atoms with van der Waals surface area (Å²) in [4.78, 5) is 13.4. The topological polar surface area (TPSA) is 60.4 Å². The monoisotopic (exact) mass is 502 g/mol. The number of hydrogen-bond donors (Lipinski definition) is 0. The molecular formula is C29H27O4PS. The summed E-state index contributed by atoms with van der Waals surface area (Å²) in [6, 6.07) is 36.4. The van der Waals surface area contributed by atoms with Crippen LogP contribution in [0.25, 0.3) is 0 Å². The quantitative estimate of drug-likeness (QED) is 0.269. The first-order valence-electron chi connectivity index (χ1n) is 11.3. The second-order valence-electron chi connectivity index (χ2n) is 8.16. The first-order valence-corrected chi connectivity index (χ1v) is 14.8. The Labute approximate surface area is 207 Å². The molecule has 0 radical (unpaired) electrons. The molecule has 4 nitrogen and oxygen atoms in total. The van der Waals surface area contributed by atoms with Gasteiger partial charge in [0.25, 0.3) is 0 Å². The molecule has 4 rings (SSSR count). The van der Waals surface area contributed by atoms with E-state index in [0.717, 1.165) is 21.5 Å². The summed E-state index contributed by atoms with van der Waals surface area (Å²) in [6.45, 7) is -0.823. The molecule has 0 amide bonds. The van der Waals surface area contributed by atoms with Crippen LogP contribution in [0.5, 0.6) is 0 Å². The number of hydrogen-bond acceptors (Lipinski definition) is 4. The van der Waals surface area contributed by atoms with Gasteiger partial charge in [-0.05, 0) is 41.9 Å².